The summed E-state index contributed by atoms with van der Waals surface area (Å²) in [5.74, 6) is -0.592. The van der Waals surface area contributed by atoms with Crippen molar-refractivity contribution >= 4 is 16.9 Å². The maximum atomic E-state index is 10.8. The van der Waals surface area contributed by atoms with Gasteiger partial charge in [0, 0.05) is 17.0 Å². The SMILES string of the molecule is Cc1oc2cc(O)ccc2c1C(N)C(=O)O. The summed E-state index contributed by atoms with van der Waals surface area (Å²) in [6, 6.07) is 3.38. The van der Waals surface area contributed by atoms with Crippen molar-refractivity contribution < 1.29 is 19.4 Å². The van der Waals surface area contributed by atoms with Crippen LogP contribution in [0.25, 0.3) is 11.0 Å². The quantitative estimate of drug-likeness (QED) is 0.714. The fourth-order valence-electron chi connectivity index (χ4n) is 1.74. The molecule has 0 aliphatic carbocycles. The standard InChI is InChI=1S/C11H11NO4/c1-5-9(10(12)11(14)15)7-3-2-6(13)4-8(7)16-5/h2-4,10,13H,12H2,1H3,(H,14,15). The first-order chi connectivity index (χ1) is 7.50. The highest BCUT2D eigenvalue weighted by atomic mass is 16.4. The smallest absolute Gasteiger partial charge is 0.325 e. The molecule has 0 aliphatic rings. The van der Waals surface area contributed by atoms with Gasteiger partial charge < -0.3 is 20.4 Å². The number of carboxylic acids is 1. The maximum Gasteiger partial charge on any atom is 0.325 e. The second kappa shape index (κ2) is 3.53. The maximum absolute atomic E-state index is 10.8. The van der Waals surface area contributed by atoms with Crippen LogP contribution in [0.4, 0.5) is 0 Å². The summed E-state index contributed by atoms with van der Waals surface area (Å²) in [4.78, 5) is 10.8. The van der Waals surface area contributed by atoms with Gasteiger partial charge >= 0.3 is 5.97 Å². The first-order valence-electron chi connectivity index (χ1n) is 4.71. The zero-order valence-corrected chi connectivity index (χ0v) is 8.60. The monoisotopic (exact) mass is 221 g/mol. The summed E-state index contributed by atoms with van der Waals surface area (Å²) in [7, 11) is 0. The first-order valence-corrected chi connectivity index (χ1v) is 4.71. The van der Waals surface area contributed by atoms with Crippen molar-refractivity contribution in [2.24, 2.45) is 5.73 Å². The molecule has 1 aromatic carbocycles. The van der Waals surface area contributed by atoms with Crippen LogP contribution >= 0.6 is 0 Å². The lowest BCUT2D eigenvalue weighted by atomic mass is 10.0. The number of aryl methyl sites for hydroxylation is 1. The number of aliphatic carboxylic acids is 1. The Morgan fingerprint density at radius 2 is 2.19 bits per heavy atom. The van der Waals surface area contributed by atoms with E-state index in [0.29, 0.717) is 22.3 Å². The van der Waals surface area contributed by atoms with Crippen LogP contribution in [0, 0.1) is 6.92 Å². The van der Waals surface area contributed by atoms with Gasteiger partial charge in [0.1, 0.15) is 23.1 Å². The molecule has 0 bridgehead atoms. The van der Waals surface area contributed by atoms with Crippen molar-refractivity contribution in [2.45, 2.75) is 13.0 Å². The van der Waals surface area contributed by atoms with Crippen molar-refractivity contribution in [2.75, 3.05) is 0 Å². The first kappa shape index (κ1) is 10.5. The van der Waals surface area contributed by atoms with Crippen LogP contribution in [-0.4, -0.2) is 16.2 Å². The van der Waals surface area contributed by atoms with E-state index in [4.69, 9.17) is 15.3 Å². The summed E-state index contributed by atoms with van der Waals surface area (Å²) in [5, 5.41) is 18.8. The summed E-state index contributed by atoms with van der Waals surface area (Å²) >= 11 is 0. The Labute approximate surface area is 91.1 Å². The van der Waals surface area contributed by atoms with E-state index >= 15 is 0 Å². The molecule has 0 spiro atoms. The molecule has 0 saturated heterocycles. The molecule has 0 saturated carbocycles. The number of carboxylic acid groups (broad SMARTS) is 1. The van der Waals surface area contributed by atoms with Crippen LogP contribution in [0.15, 0.2) is 22.6 Å². The van der Waals surface area contributed by atoms with Crippen molar-refractivity contribution in [3.8, 4) is 5.75 Å². The molecule has 1 heterocycles. The highest BCUT2D eigenvalue weighted by molar-refractivity contribution is 5.89. The molecule has 2 aromatic rings. The van der Waals surface area contributed by atoms with Gasteiger partial charge in [-0.05, 0) is 19.1 Å². The van der Waals surface area contributed by atoms with Crippen molar-refractivity contribution in [1.82, 2.24) is 0 Å². The van der Waals surface area contributed by atoms with Crippen LogP contribution < -0.4 is 5.73 Å². The molecule has 4 N–H and O–H groups in total. The molecular formula is C11H11NO4. The van der Waals surface area contributed by atoms with E-state index in [1.165, 1.54) is 12.1 Å². The van der Waals surface area contributed by atoms with Crippen molar-refractivity contribution in [3.63, 3.8) is 0 Å². The normalized spacial score (nSPS) is 12.9. The Balaban J connectivity index is 2.69. The summed E-state index contributed by atoms with van der Waals surface area (Å²) < 4.78 is 5.35. The van der Waals surface area contributed by atoms with E-state index in [-0.39, 0.29) is 5.75 Å². The van der Waals surface area contributed by atoms with Gasteiger partial charge in [-0.15, -0.1) is 0 Å². The number of aromatic hydroxyl groups is 1. The molecule has 1 atom stereocenters. The summed E-state index contributed by atoms with van der Waals surface area (Å²) in [6.45, 7) is 1.65. The second-order valence-electron chi connectivity index (χ2n) is 3.57. The predicted molar refractivity (Wildman–Crippen MR) is 57.2 cm³/mol. The minimum absolute atomic E-state index is 0.0664. The number of furan rings is 1. The number of phenolic OH excluding ortho intramolecular Hbond substituents is 1. The lowest BCUT2D eigenvalue weighted by Crippen LogP contribution is -2.21. The van der Waals surface area contributed by atoms with Crippen LogP contribution in [0.5, 0.6) is 5.75 Å². The Hall–Kier alpha value is -2.01. The molecule has 0 fully saturated rings. The van der Waals surface area contributed by atoms with Gasteiger partial charge in [-0.2, -0.15) is 0 Å². The fourth-order valence-corrected chi connectivity index (χ4v) is 1.74. The molecule has 16 heavy (non-hydrogen) atoms. The fraction of sp³-hybridized carbons (Fsp3) is 0.182. The largest absolute Gasteiger partial charge is 0.508 e. The highest BCUT2D eigenvalue weighted by Crippen LogP contribution is 2.31. The Morgan fingerprint density at radius 3 is 2.81 bits per heavy atom. The number of rotatable bonds is 2. The van der Waals surface area contributed by atoms with Gasteiger partial charge in [0.05, 0.1) is 0 Å². The molecular weight excluding hydrogens is 210 g/mol. The van der Waals surface area contributed by atoms with Crippen molar-refractivity contribution in [3.05, 3.63) is 29.5 Å². The number of hydrogen-bond donors (Lipinski definition) is 3. The minimum Gasteiger partial charge on any atom is -0.508 e. The molecule has 1 aromatic heterocycles. The lowest BCUT2D eigenvalue weighted by Gasteiger charge is -2.04. The molecule has 84 valence electrons. The highest BCUT2D eigenvalue weighted by Gasteiger charge is 2.22. The third kappa shape index (κ3) is 1.51. The molecule has 0 radical (unpaired) electrons. The molecule has 0 aliphatic heterocycles. The number of benzene rings is 1. The predicted octanol–water partition coefficient (Wildman–Crippen LogP) is 1.53. The van der Waals surface area contributed by atoms with Gasteiger partial charge in [-0.25, -0.2) is 0 Å². The van der Waals surface area contributed by atoms with Crippen LogP contribution in [0.3, 0.4) is 0 Å². The van der Waals surface area contributed by atoms with E-state index in [2.05, 4.69) is 0 Å². The van der Waals surface area contributed by atoms with Gasteiger partial charge in [0.25, 0.3) is 0 Å². The van der Waals surface area contributed by atoms with Gasteiger partial charge in [0.15, 0.2) is 0 Å². The Kier molecular flexibility index (Phi) is 2.32. The van der Waals surface area contributed by atoms with E-state index in [1.807, 2.05) is 0 Å². The Bertz CT molecular complexity index is 558. The van der Waals surface area contributed by atoms with Gasteiger partial charge in [-0.3, -0.25) is 4.79 Å². The second-order valence-corrected chi connectivity index (χ2v) is 3.57. The number of fused-ring (bicyclic) bond motifs is 1. The lowest BCUT2D eigenvalue weighted by molar-refractivity contribution is -0.138. The van der Waals surface area contributed by atoms with E-state index in [1.54, 1.807) is 13.0 Å². The molecule has 0 amide bonds. The van der Waals surface area contributed by atoms with E-state index in [0.717, 1.165) is 0 Å². The average molecular weight is 221 g/mol. The zero-order valence-electron chi connectivity index (χ0n) is 8.60. The molecule has 1 unspecified atom stereocenters. The summed E-state index contributed by atoms with van der Waals surface area (Å²) in [6.07, 6.45) is 0. The van der Waals surface area contributed by atoms with E-state index < -0.39 is 12.0 Å². The number of phenols is 1. The number of hydrogen-bond acceptors (Lipinski definition) is 4. The van der Waals surface area contributed by atoms with E-state index in [9.17, 15) is 9.90 Å². The average Bonchev–Trinajstić information content (AvgIpc) is 2.51. The summed E-state index contributed by atoms with van der Waals surface area (Å²) in [5.41, 5.74) is 6.45. The minimum atomic E-state index is -1.12. The van der Waals surface area contributed by atoms with Crippen LogP contribution in [0.2, 0.25) is 0 Å². The molecule has 2 rings (SSSR count). The number of nitrogens with two attached hydrogens (primary N) is 1. The number of carbonyl (C=O) groups is 1. The Morgan fingerprint density at radius 1 is 1.50 bits per heavy atom. The zero-order chi connectivity index (χ0) is 11.9. The van der Waals surface area contributed by atoms with Gasteiger partial charge in [-0.1, -0.05) is 0 Å². The molecule has 5 heteroatoms. The third-order valence-electron chi connectivity index (χ3n) is 2.47. The van der Waals surface area contributed by atoms with Crippen LogP contribution in [0.1, 0.15) is 17.4 Å². The topological polar surface area (TPSA) is 96.7 Å². The van der Waals surface area contributed by atoms with Crippen molar-refractivity contribution in [1.29, 1.82) is 0 Å². The van der Waals surface area contributed by atoms with Gasteiger partial charge in [0.2, 0.25) is 0 Å². The molecule has 5 nitrogen and oxygen atoms in total. The third-order valence-corrected chi connectivity index (χ3v) is 2.47. The van der Waals surface area contributed by atoms with Crippen LogP contribution in [-0.2, 0) is 4.79 Å².